The van der Waals surface area contributed by atoms with Crippen molar-refractivity contribution in [2.75, 3.05) is 25.4 Å². The van der Waals surface area contributed by atoms with Gasteiger partial charge in [-0.2, -0.15) is 0 Å². The highest BCUT2D eigenvalue weighted by Crippen LogP contribution is 2.24. The Kier molecular flexibility index (Phi) is 4.42. The van der Waals surface area contributed by atoms with Crippen molar-refractivity contribution in [2.45, 2.75) is 19.4 Å². The molecule has 1 amide bonds. The number of hydrogen-bond donors (Lipinski definition) is 1. The number of nitrogens with zero attached hydrogens (tertiary/aromatic N) is 1. The monoisotopic (exact) mass is 330 g/mol. The summed E-state index contributed by atoms with van der Waals surface area (Å²) in [6, 6.07) is 2.60. The van der Waals surface area contributed by atoms with E-state index in [4.69, 9.17) is 10.5 Å². The summed E-state index contributed by atoms with van der Waals surface area (Å²) in [5.41, 5.74) is 5.88. The number of carbonyl (C=O) groups is 1. The first-order chi connectivity index (χ1) is 8.99. The molecule has 0 aliphatic carbocycles. The van der Waals surface area contributed by atoms with Crippen LogP contribution in [0.4, 0.5) is 10.1 Å². The second-order valence-electron chi connectivity index (χ2n) is 4.64. The van der Waals surface area contributed by atoms with Gasteiger partial charge in [0.2, 0.25) is 0 Å². The molecule has 1 aliphatic rings. The van der Waals surface area contributed by atoms with E-state index < -0.39 is 5.82 Å². The number of ether oxygens (including phenoxy) is 1. The van der Waals surface area contributed by atoms with Crippen LogP contribution in [0.25, 0.3) is 0 Å². The fourth-order valence-electron chi connectivity index (χ4n) is 2.08. The van der Waals surface area contributed by atoms with E-state index in [0.29, 0.717) is 29.7 Å². The summed E-state index contributed by atoms with van der Waals surface area (Å²) in [4.78, 5) is 14.2. The first kappa shape index (κ1) is 14.3. The number of benzene rings is 1. The zero-order valence-corrected chi connectivity index (χ0v) is 12.2. The number of carbonyl (C=O) groups excluding carboxylic acids is 1. The molecule has 1 unspecified atom stereocenters. The predicted molar refractivity (Wildman–Crippen MR) is 74.4 cm³/mol. The molecule has 2 N–H and O–H groups in total. The number of nitrogens with two attached hydrogens (primary N) is 1. The van der Waals surface area contributed by atoms with Crippen LogP contribution in [0.15, 0.2) is 16.6 Å². The Balaban J connectivity index is 2.25. The average Bonchev–Trinajstić information content (AvgIpc) is 2.58. The molecule has 1 aromatic carbocycles. The van der Waals surface area contributed by atoms with Crippen molar-refractivity contribution in [3.8, 4) is 0 Å². The van der Waals surface area contributed by atoms with Gasteiger partial charge in [-0.05, 0) is 41.4 Å². The highest BCUT2D eigenvalue weighted by Gasteiger charge is 2.23. The van der Waals surface area contributed by atoms with Crippen LogP contribution in [0.3, 0.4) is 0 Å². The van der Waals surface area contributed by atoms with Gasteiger partial charge in [0.1, 0.15) is 5.82 Å². The molecule has 0 bridgehead atoms. The third kappa shape index (κ3) is 3.25. The van der Waals surface area contributed by atoms with E-state index in [1.54, 1.807) is 4.90 Å². The minimum absolute atomic E-state index is 0.00280. The maximum atomic E-state index is 13.3. The maximum Gasteiger partial charge on any atom is 0.255 e. The number of hydrogen-bond acceptors (Lipinski definition) is 3. The Morgan fingerprint density at radius 1 is 1.58 bits per heavy atom. The van der Waals surface area contributed by atoms with Crippen LogP contribution < -0.4 is 5.73 Å². The van der Waals surface area contributed by atoms with E-state index >= 15 is 0 Å². The van der Waals surface area contributed by atoms with Crippen molar-refractivity contribution < 1.29 is 13.9 Å². The quantitative estimate of drug-likeness (QED) is 0.804. The third-order valence-electron chi connectivity index (χ3n) is 3.06. The van der Waals surface area contributed by atoms with Crippen LogP contribution in [0.5, 0.6) is 0 Å². The number of halogens is 2. The van der Waals surface area contributed by atoms with E-state index in [0.717, 1.165) is 6.42 Å². The van der Waals surface area contributed by atoms with E-state index in [1.165, 1.54) is 12.1 Å². The molecule has 1 fully saturated rings. The van der Waals surface area contributed by atoms with Gasteiger partial charge in [0, 0.05) is 24.2 Å². The van der Waals surface area contributed by atoms with Crippen LogP contribution in [0.1, 0.15) is 23.7 Å². The molecule has 0 aromatic heterocycles. The SMILES string of the molecule is CC1CN(C(=O)c2cc(N)c(F)cc2Br)CCCO1. The van der Waals surface area contributed by atoms with Gasteiger partial charge in [-0.15, -0.1) is 0 Å². The van der Waals surface area contributed by atoms with Gasteiger partial charge in [0.05, 0.1) is 17.4 Å². The lowest BCUT2D eigenvalue weighted by Crippen LogP contribution is -2.36. The van der Waals surface area contributed by atoms with Gasteiger partial charge in [-0.25, -0.2) is 4.39 Å². The number of rotatable bonds is 1. The lowest BCUT2D eigenvalue weighted by molar-refractivity contribution is 0.0562. The van der Waals surface area contributed by atoms with Gasteiger partial charge in [-0.1, -0.05) is 0 Å². The van der Waals surface area contributed by atoms with Gasteiger partial charge in [-0.3, -0.25) is 4.79 Å². The molecule has 6 heteroatoms. The molecule has 1 heterocycles. The second-order valence-corrected chi connectivity index (χ2v) is 5.49. The van der Waals surface area contributed by atoms with Crippen LogP contribution in [-0.4, -0.2) is 36.6 Å². The first-order valence-electron chi connectivity index (χ1n) is 6.14. The lowest BCUT2D eigenvalue weighted by atomic mass is 10.1. The highest BCUT2D eigenvalue weighted by atomic mass is 79.9. The summed E-state index contributed by atoms with van der Waals surface area (Å²) in [7, 11) is 0. The van der Waals surface area contributed by atoms with Crippen molar-refractivity contribution >= 4 is 27.5 Å². The molecule has 1 saturated heterocycles. The number of nitrogen functional groups attached to an aromatic ring is 1. The van der Waals surface area contributed by atoms with E-state index in [1.807, 2.05) is 6.92 Å². The van der Waals surface area contributed by atoms with Crippen molar-refractivity contribution in [1.29, 1.82) is 0 Å². The van der Waals surface area contributed by atoms with Crippen molar-refractivity contribution in [1.82, 2.24) is 4.90 Å². The van der Waals surface area contributed by atoms with Gasteiger partial charge >= 0.3 is 0 Å². The zero-order chi connectivity index (χ0) is 14.0. The molecule has 2 rings (SSSR count). The van der Waals surface area contributed by atoms with Crippen molar-refractivity contribution in [3.63, 3.8) is 0 Å². The fraction of sp³-hybridized carbons (Fsp3) is 0.462. The second kappa shape index (κ2) is 5.88. The summed E-state index contributed by atoms with van der Waals surface area (Å²) in [6.45, 7) is 3.74. The average molecular weight is 331 g/mol. The lowest BCUT2D eigenvalue weighted by Gasteiger charge is -2.23. The Hall–Kier alpha value is -1.14. The molecule has 104 valence electrons. The molecule has 0 saturated carbocycles. The van der Waals surface area contributed by atoms with Gasteiger partial charge < -0.3 is 15.4 Å². The molecule has 4 nitrogen and oxygen atoms in total. The minimum Gasteiger partial charge on any atom is -0.396 e. The molecule has 0 spiro atoms. The Morgan fingerprint density at radius 3 is 3.05 bits per heavy atom. The first-order valence-corrected chi connectivity index (χ1v) is 6.93. The molecule has 1 atom stereocenters. The smallest absolute Gasteiger partial charge is 0.255 e. The standard InChI is InChI=1S/C13H16BrFN2O2/c1-8-7-17(3-2-4-19-8)13(18)9-5-12(16)11(15)6-10(9)14/h5-6,8H,2-4,7,16H2,1H3. The molecule has 0 radical (unpaired) electrons. The highest BCUT2D eigenvalue weighted by molar-refractivity contribution is 9.10. The van der Waals surface area contributed by atoms with Gasteiger partial charge in [0.25, 0.3) is 5.91 Å². The number of anilines is 1. The molecule has 1 aromatic rings. The van der Waals surface area contributed by atoms with Crippen molar-refractivity contribution in [3.05, 3.63) is 28.0 Å². The van der Waals surface area contributed by atoms with E-state index in [9.17, 15) is 9.18 Å². The van der Waals surface area contributed by atoms with Crippen LogP contribution >= 0.6 is 15.9 Å². The third-order valence-corrected chi connectivity index (χ3v) is 3.71. The summed E-state index contributed by atoms with van der Waals surface area (Å²) in [5.74, 6) is -0.688. The molecular weight excluding hydrogens is 315 g/mol. The summed E-state index contributed by atoms with van der Waals surface area (Å²) in [6.07, 6.45) is 0.799. The summed E-state index contributed by atoms with van der Waals surface area (Å²) in [5, 5.41) is 0. The number of amides is 1. The van der Waals surface area contributed by atoms with E-state index in [-0.39, 0.29) is 17.7 Å². The summed E-state index contributed by atoms with van der Waals surface area (Å²) < 4.78 is 19.2. The maximum absolute atomic E-state index is 13.3. The normalized spacial score (nSPS) is 20.2. The Labute approximate surface area is 119 Å². The molecular formula is C13H16BrFN2O2. The van der Waals surface area contributed by atoms with Crippen LogP contribution in [-0.2, 0) is 4.74 Å². The molecule has 19 heavy (non-hydrogen) atoms. The van der Waals surface area contributed by atoms with Crippen LogP contribution in [0, 0.1) is 5.82 Å². The Morgan fingerprint density at radius 2 is 2.32 bits per heavy atom. The van der Waals surface area contributed by atoms with Crippen molar-refractivity contribution in [2.24, 2.45) is 0 Å². The minimum atomic E-state index is -0.531. The Bertz CT molecular complexity index is 496. The van der Waals surface area contributed by atoms with Crippen LogP contribution in [0.2, 0.25) is 0 Å². The fourth-order valence-corrected chi connectivity index (χ4v) is 2.56. The largest absolute Gasteiger partial charge is 0.396 e. The predicted octanol–water partition coefficient (Wildman–Crippen LogP) is 2.42. The molecule has 1 aliphatic heterocycles. The van der Waals surface area contributed by atoms with E-state index in [2.05, 4.69) is 15.9 Å². The summed E-state index contributed by atoms with van der Waals surface area (Å²) >= 11 is 3.21. The zero-order valence-electron chi connectivity index (χ0n) is 10.7. The topological polar surface area (TPSA) is 55.6 Å². The van der Waals surface area contributed by atoms with Gasteiger partial charge in [0.15, 0.2) is 0 Å².